The molecule has 127 heavy (non-hydrogen) atoms. The number of hydrogen-bond donors (Lipinski definition) is 26. The molecule has 8 rings (SSSR count). The van der Waals surface area contributed by atoms with E-state index in [1.807, 2.05) is 5.32 Å². The molecule has 8 fully saturated rings. The van der Waals surface area contributed by atoms with Crippen molar-refractivity contribution >= 4 is 89.1 Å². The summed E-state index contributed by atoms with van der Waals surface area (Å²) in [6.07, 6.45) is -92.1. The van der Waals surface area contributed by atoms with Gasteiger partial charge in [-0.15, -0.1) is 0 Å². The van der Waals surface area contributed by atoms with Gasteiger partial charge >= 0.3 is 65.5 Å². The molecule has 4 amide bonds. The quantitative estimate of drug-likeness (QED) is 0.0200. The summed E-state index contributed by atoms with van der Waals surface area (Å²) in [7, 11) is -23.6. The Hall–Kier alpha value is -5.96. The van der Waals surface area contributed by atoms with E-state index < -0.39 is 361 Å². The Bertz CT molecular complexity index is 4230. The average Bonchev–Trinajstić information content (AvgIpc) is 0.759. The van der Waals surface area contributed by atoms with Gasteiger partial charge in [0.25, 0.3) is 0 Å². The number of nitrogens with two attached hydrogens (primary N) is 1. The maximum Gasteiger partial charge on any atom is 0.397 e. The lowest BCUT2D eigenvalue weighted by Crippen LogP contribution is -2.71. The fraction of sp³-hybridized carbons (Fsp3) is 0.869. The maximum absolute atomic E-state index is 13.3. The van der Waals surface area contributed by atoms with Crippen LogP contribution in [0.15, 0.2) is 0 Å². The van der Waals surface area contributed by atoms with Crippen molar-refractivity contribution in [2.75, 3.05) is 39.6 Å². The van der Waals surface area contributed by atoms with Gasteiger partial charge in [-0.3, -0.25) is 37.4 Å². The summed E-state index contributed by atoms with van der Waals surface area (Å²) in [5.74, 6) is -13.3. The van der Waals surface area contributed by atoms with E-state index in [2.05, 4.69) is 32.7 Å². The number of hydrogen-bond acceptors (Lipinski definition) is 50. The molecular weight excluding hydrogens is 1840 g/mol. The van der Waals surface area contributed by atoms with Gasteiger partial charge < -0.3 is 190 Å². The van der Waals surface area contributed by atoms with Crippen molar-refractivity contribution in [3.63, 3.8) is 0 Å². The summed E-state index contributed by atoms with van der Waals surface area (Å²) in [6.45, 7) is -2.63. The molecule has 40 atom stereocenters. The topological polar surface area (TPSA) is 957 Å². The van der Waals surface area contributed by atoms with Gasteiger partial charge in [0.15, 0.2) is 99.2 Å². The lowest BCUT2D eigenvalue weighted by molar-refractivity contribution is -0.379. The number of carbonyl (C=O) groups is 8. The first-order valence-corrected chi connectivity index (χ1v) is 42.9. The van der Waals surface area contributed by atoms with E-state index in [4.69, 9.17) is 81.5 Å². The minimum atomic E-state index is -6.09. The molecule has 8 aliphatic rings. The molecule has 8 saturated heterocycles. The van der Waals surface area contributed by atoms with Crippen LogP contribution >= 0.6 is 0 Å². The molecule has 0 spiro atoms. The van der Waals surface area contributed by atoms with Gasteiger partial charge in [-0.1, -0.05) is 0 Å². The number of aliphatic hydroxyl groups excluding tert-OH is 13. The number of amides is 4. The van der Waals surface area contributed by atoms with Crippen LogP contribution in [0.25, 0.3) is 0 Å². The first-order chi connectivity index (χ1) is 59.1. The third-order valence-electron chi connectivity index (χ3n) is 20.1. The van der Waals surface area contributed by atoms with E-state index in [1.54, 1.807) is 0 Å². The molecule has 66 heteroatoms. The van der Waals surface area contributed by atoms with Gasteiger partial charge in [0.05, 0.1) is 26.4 Å². The Balaban J connectivity index is 1.04. The summed E-state index contributed by atoms with van der Waals surface area (Å²) < 4.78 is 248. The van der Waals surface area contributed by atoms with Crippen molar-refractivity contribution < 1.29 is 270 Å². The molecule has 0 aromatic heterocycles. The molecule has 0 aromatic rings. The van der Waals surface area contributed by atoms with Crippen molar-refractivity contribution in [2.45, 2.75) is 292 Å². The van der Waals surface area contributed by atoms with Gasteiger partial charge in [-0.05, 0) is 25.8 Å². The van der Waals surface area contributed by atoms with E-state index in [0.29, 0.717) is 19.8 Å². The molecular formula is C61H97N5O57S4. The number of carbonyl (C=O) groups excluding carboxylic acids is 4. The van der Waals surface area contributed by atoms with Gasteiger partial charge in [0.1, 0.15) is 146 Å². The monoisotopic (exact) mass is 1940 g/mol. The predicted molar refractivity (Wildman–Crippen MR) is 381 cm³/mol. The Morgan fingerprint density at radius 3 is 0.748 bits per heavy atom. The highest BCUT2D eigenvalue weighted by molar-refractivity contribution is 7.81. The second-order valence-corrected chi connectivity index (χ2v) is 33.3. The third kappa shape index (κ3) is 27.0. The molecule has 8 heterocycles. The Morgan fingerprint density at radius 2 is 0.520 bits per heavy atom. The van der Waals surface area contributed by atoms with Crippen LogP contribution in [-0.2, 0) is 172 Å². The normalized spacial score (nSPS) is 41.2. The zero-order valence-electron chi connectivity index (χ0n) is 65.8. The van der Waals surface area contributed by atoms with Crippen molar-refractivity contribution in [3.8, 4) is 0 Å². The van der Waals surface area contributed by atoms with Gasteiger partial charge in [-0.2, -0.15) is 33.7 Å². The lowest BCUT2D eigenvalue weighted by Gasteiger charge is -2.51. The molecule has 27 N–H and O–H groups in total. The van der Waals surface area contributed by atoms with Gasteiger partial charge in [0, 0.05) is 34.3 Å². The molecule has 0 aliphatic carbocycles. The van der Waals surface area contributed by atoms with Crippen LogP contribution in [0.3, 0.4) is 0 Å². The van der Waals surface area contributed by atoms with Crippen molar-refractivity contribution in [2.24, 2.45) is 5.73 Å². The fourth-order valence-electron chi connectivity index (χ4n) is 14.7. The first kappa shape index (κ1) is 106. The highest BCUT2D eigenvalue weighted by atomic mass is 32.3. The van der Waals surface area contributed by atoms with E-state index in [9.17, 15) is 177 Å². The Kier molecular flexibility index (Phi) is 37.5. The smallest absolute Gasteiger partial charge is 0.397 e. The maximum atomic E-state index is 13.3. The molecule has 0 bridgehead atoms. The lowest BCUT2D eigenvalue weighted by atomic mass is 9.93. The van der Waals surface area contributed by atoms with Crippen LogP contribution in [-0.4, -0.2) is 471 Å². The number of carboxylic acids is 4. The van der Waals surface area contributed by atoms with Crippen molar-refractivity contribution in [1.82, 2.24) is 21.3 Å². The van der Waals surface area contributed by atoms with Crippen LogP contribution in [0, 0.1) is 0 Å². The summed E-state index contributed by atoms with van der Waals surface area (Å²) in [4.78, 5) is 103. The van der Waals surface area contributed by atoms with E-state index in [-0.39, 0.29) is 19.6 Å². The number of nitrogens with one attached hydrogen (secondary N) is 4. The predicted octanol–water partition coefficient (Wildman–Crippen LogP) is -17.0. The van der Waals surface area contributed by atoms with E-state index in [0.717, 1.165) is 20.8 Å². The summed E-state index contributed by atoms with van der Waals surface area (Å²) in [5.41, 5.74) is 5.49. The van der Waals surface area contributed by atoms with Crippen LogP contribution in [0.1, 0.15) is 47.0 Å². The second-order valence-electron chi connectivity index (χ2n) is 29.2. The van der Waals surface area contributed by atoms with E-state index >= 15 is 0 Å². The number of aliphatic hydroxyl groups is 13. The number of unbranched alkanes of at least 4 members (excludes halogenated alkanes) is 2. The first-order valence-electron chi connectivity index (χ1n) is 37.4. The SMILES string of the molecule is CC(=O)N[C@H]1[C@@H](O[C@H]2[C@H](O)[C@@H](OS(=O)(=O)O)[C@H](O[C@H]3[C@H](O)[C@@H](NC(C)=O)[C@@H](O[C@H]4[C@H](O)[C@@H](OS(=O)(=O)O)[C@H](OCCCCCN)O[C@@H]4C(=O)O)O[C@@H]3CO)O[C@H]2C(=O)O)O[C@H](CO)[C@@H](O[C@@H]2O[C@H](C(=O)O)[C@@H](O[C@H]3O[C@H](CO)[C@@H](O[C@@H]4O[C@@H](C(=O)O)[C@@H](O[C@H]5O[C@H](CO)[C@@H](O)[C@H](O)[C@H]5NC(C)=O)[C@H](O)[C@H]4OS(=O)(=O)O)[C@H](O)[C@H]3NC(C)=O)[C@H](O)[C@H]2OS(=O)(=O)O)[C@@H]1O. The number of ether oxygens (including phenoxy) is 16. The number of rotatable bonds is 40. The summed E-state index contributed by atoms with van der Waals surface area (Å²) in [6, 6.07) is -8.93. The fourth-order valence-corrected chi connectivity index (χ4v) is 16.6. The van der Waals surface area contributed by atoms with Crippen LogP contribution in [0.5, 0.6) is 0 Å². The summed E-state index contributed by atoms with van der Waals surface area (Å²) >= 11 is 0. The highest BCUT2D eigenvalue weighted by Gasteiger charge is 2.64. The van der Waals surface area contributed by atoms with Crippen molar-refractivity contribution in [3.05, 3.63) is 0 Å². The Morgan fingerprint density at radius 1 is 0.291 bits per heavy atom. The highest BCUT2D eigenvalue weighted by Crippen LogP contribution is 2.42. The zero-order valence-corrected chi connectivity index (χ0v) is 69.0. The molecule has 732 valence electrons. The van der Waals surface area contributed by atoms with Crippen molar-refractivity contribution in [1.29, 1.82) is 0 Å². The minimum Gasteiger partial charge on any atom is -0.479 e. The molecule has 0 radical (unpaired) electrons. The molecule has 0 unspecified atom stereocenters. The van der Waals surface area contributed by atoms with Crippen LogP contribution < -0.4 is 27.0 Å². The standard InChI is InChI=1S/C61H97N5O57S4/c1-14(71)63-22-27(76)26(75)18(10-67)105-54(22)112-39-32(81)43(121-125(95,96)97)59(117-47(39)51(86)87)109-36-20(12-69)107-56(24(29(36)78)65-16(3)73)114-41-34(83)45(123-127(101,102)103)61(119-49(41)53(90)91)111-37-21(13-70)108-57(25(30(37)79)66-17(4)74)115-40-33(82)44(122-126(98,99)100)60(118-48(40)52(88)89)110-35-19(11-68)106-55(23(28(35)77)64-15(2)72)113-38-31(80)42(120-124(92,93)94)58(116-46(38)50(84)85)104-9-7-5-6-8-62/h18-49,54-61,67-70,75-83H,5-13,62H2,1-4H3,(H,63,71)(H,64,72)(H,65,73)(H,66,74)(H,84,85)(H,86,87)(H,88,89)(H,90,91)(H,92,93,94)(H,95,96,97)(H,98,99,100)(H,101,102,103)/t18-,19-,20-,21-,22-,23-,24-,25-,26-,27-,28-,29-,30-,31+,32+,33+,34+,35-,36-,37-,38+,39+,40+,41+,42-,43-,44-,45-,46+,47-,48-,49+,54-,55-,56-,57-,58-,59-,60-,61-/m1/s1. The number of aliphatic carboxylic acids is 4. The molecule has 62 nitrogen and oxygen atoms in total. The van der Waals surface area contributed by atoms with Crippen LogP contribution in [0.2, 0.25) is 0 Å². The molecule has 8 aliphatic heterocycles. The van der Waals surface area contributed by atoms with Gasteiger partial charge in [0.2, 0.25) is 23.6 Å². The summed E-state index contributed by atoms with van der Waals surface area (Å²) in [5, 5.41) is 198. The minimum absolute atomic E-state index is 0.181. The largest absolute Gasteiger partial charge is 0.479 e. The molecule has 0 saturated carbocycles. The Labute approximate surface area is 715 Å². The van der Waals surface area contributed by atoms with Crippen LogP contribution in [0.4, 0.5) is 0 Å². The molecule has 0 aromatic carbocycles. The van der Waals surface area contributed by atoms with E-state index in [1.165, 1.54) is 0 Å². The zero-order chi connectivity index (χ0) is 95.0. The average molecular weight is 1940 g/mol. The second kappa shape index (κ2) is 44.7. The number of carboxylic acid groups (broad SMARTS) is 4. The van der Waals surface area contributed by atoms with Gasteiger partial charge in [-0.25, -0.2) is 35.9 Å². The third-order valence-corrected chi connectivity index (χ3v) is 21.9.